The third kappa shape index (κ3) is 4.13. The SMILES string of the molecule is C[C@H](OC(=O)c1n[nH]c2ccccc12)C(=O)Nc1ccc(S(N)(=O)=O)cc1. The highest BCUT2D eigenvalue weighted by atomic mass is 32.2. The molecule has 0 spiro atoms. The average Bonchev–Trinajstić information content (AvgIpc) is 3.05. The molecule has 1 aromatic heterocycles. The summed E-state index contributed by atoms with van der Waals surface area (Å²) in [4.78, 5) is 24.4. The number of hydrogen-bond acceptors (Lipinski definition) is 6. The molecule has 2 aromatic carbocycles. The lowest BCUT2D eigenvalue weighted by atomic mass is 10.2. The van der Waals surface area contributed by atoms with Gasteiger partial charge in [0.05, 0.1) is 10.4 Å². The number of sulfonamides is 1. The van der Waals surface area contributed by atoms with Crippen LogP contribution in [0.1, 0.15) is 17.4 Å². The van der Waals surface area contributed by atoms with Crippen LogP contribution in [0, 0.1) is 0 Å². The van der Waals surface area contributed by atoms with Gasteiger partial charge in [-0.1, -0.05) is 18.2 Å². The second kappa shape index (κ2) is 7.17. The van der Waals surface area contributed by atoms with E-state index < -0.39 is 28.0 Å². The molecule has 0 aliphatic heterocycles. The van der Waals surface area contributed by atoms with Gasteiger partial charge in [0, 0.05) is 11.1 Å². The van der Waals surface area contributed by atoms with Crippen LogP contribution in [0.3, 0.4) is 0 Å². The average molecular weight is 388 g/mol. The fourth-order valence-corrected chi connectivity index (χ4v) is 2.88. The van der Waals surface area contributed by atoms with Gasteiger partial charge in [-0.2, -0.15) is 5.10 Å². The normalized spacial score (nSPS) is 12.5. The number of carbonyl (C=O) groups is 2. The minimum absolute atomic E-state index is 0.0783. The van der Waals surface area contributed by atoms with Gasteiger partial charge < -0.3 is 10.1 Å². The van der Waals surface area contributed by atoms with Crippen LogP contribution in [0.25, 0.3) is 10.9 Å². The van der Waals surface area contributed by atoms with Gasteiger partial charge in [0.2, 0.25) is 10.0 Å². The maximum Gasteiger partial charge on any atom is 0.360 e. The Bertz CT molecular complexity index is 1110. The molecule has 4 N–H and O–H groups in total. The third-order valence-electron chi connectivity index (χ3n) is 3.77. The Morgan fingerprint density at radius 1 is 1.15 bits per heavy atom. The number of nitrogens with two attached hydrogens (primary N) is 1. The third-order valence-corrected chi connectivity index (χ3v) is 4.70. The monoisotopic (exact) mass is 388 g/mol. The van der Waals surface area contributed by atoms with E-state index in [1.165, 1.54) is 31.2 Å². The van der Waals surface area contributed by atoms with Crippen LogP contribution in [-0.4, -0.2) is 36.6 Å². The van der Waals surface area contributed by atoms with Gasteiger partial charge in [-0.3, -0.25) is 9.89 Å². The molecule has 10 heteroatoms. The number of esters is 1. The number of hydrogen-bond donors (Lipinski definition) is 3. The van der Waals surface area contributed by atoms with Gasteiger partial charge >= 0.3 is 5.97 Å². The molecular formula is C17H16N4O5S. The fraction of sp³-hybridized carbons (Fsp3) is 0.118. The second-order valence-electron chi connectivity index (χ2n) is 5.72. The molecule has 140 valence electrons. The minimum atomic E-state index is -3.82. The number of primary sulfonamides is 1. The van der Waals surface area contributed by atoms with Crippen molar-refractivity contribution in [2.45, 2.75) is 17.9 Å². The molecule has 0 radical (unpaired) electrons. The number of para-hydroxylation sites is 1. The Balaban J connectivity index is 1.66. The Morgan fingerprint density at radius 3 is 2.48 bits per heavy atom. The van der Waals surface area contributed by atoms with Crippen LogP contribution in [0.4, 0.5) is 5.69 Å². The van der Waals surface area contributed by atoms with Gasteiger partial charge in [-0.15, -0.1) is 0 Å². The standard InChI is InChI=1S/C17H16N4O5S/c1-10(16(22)19-11-6-8-12(9-7-11)27(18,24)25)26-17(23)15-13-4-2-3-5-14(13)20-21-15/h2-10H,1H3,(H,19,22)(H,20,21)(H2,18,24,25)/t10-/m0/s1. The number of anilines is 1. The van der Waals surface area contributed by atoms with E-state index in [0.717, 1.165) is 0 Å². The smallest absolute Gasteiger partial charge is 0.360 e. The summed E-state index contributed by atoms with van der Waals surface area (Å²) in [6.45, 7) is 1.42. The first-order valence-corrected chi connectivity index (χ1v) is 9.38. The molecule has 0 saturated heterocycles. The second-order valence-corrected chi connectivity index (χ2v) is 7.29. The first kappa shape index (κ1) is 18.5. The minimum Gasteiger partial charge on any atom is -0.448 e. The van der Waals surface area contributed by atoms with Crippen molar-refractivity contribution in [2.75, 3.05) is 5.32 Å². The lowest BCUT2D eigenvalue weighted by molar-refractivity contribution is -0.123. The van der Waals surface area contributed by atoms with E-state index in [0.29, 0.717) is 16.6 Å². The molecule has 3 aromatic rings. The number of nitrogens with one attached hydrogen (secondary N) is 2. The Labute approximate surface area is 154 Å². The molecule has 9 nitrogen and oxygen atoms in total. The molecule has 0 aliphatic carbocycles. The summed E-state index contributed by atoms with van der Waals surface area (Å²) in [6.07, 6.45) is -1.09. The number of H-pyrrole nitrogens is 1. The van der Waals surface area contributed by atoms with Gasteiger partial charge in [0.25, 0.3) is 5.91 Å². The molecule has 0 bridgehead atoms. The van der Waals surface area contributed by atoms with Crippen molar-refractivity contribution < 1.29 is 22.7 Å². The summed E-state index contributed by atoms with van der Waals surface area (Å²) in [5.74, 6) is -1.31. The number of aromatic amines is 1. The summed E-state index contributed by atoms with van der Waals surface area (Å²) < 4.78 is 27.6. The number of carbonyl (C=O) groups excluding carboxylic acids is 2. The van der Waals surface area contributed by atoms with Gasteiger partial charge in [0.15, 0.2) is 11.8 Å². The summed E-state index contributed by atoms with van der Waals surface area (Å²) in [5, 5.41) is 14.8. The quantitative estimate of drug-likeness (QED) is 0.563. The summed E-state index contributed by atoms with van der Waals surface area (Å²) in [5.41, 5.74) is 1.10. The number of rotatable bonds is 5. The highest BCUT2D eigenvalue weighted by Crippen LogP contribution is 2.17. The predicted molar refractivity (Wildman–Crippen MR) is 97.4 cm³/mol. The van der Waals surface area contributed by atoms with Crippen molar-refractivity contribution in [3.8, 4) is 0 Å². The number of nitrogens with zero attached hydrogens (tertiary/aromatic N) is 1. The van der Waals surface area contributed by atoms with Crippen LogP contribution in [0.2, 0.25) is 0 Å². The van der Waals surface area contributed by atoms with E-state index in [9.17, 15) is 18.0 Å². The molecule has 0 fully saturated rings. The topological polar surface area (TPSA) is 144 Å². The Hall–Kier alpha value is -3.24. The number of amides is 1. The van der Waals surface area contributed by atoms with Crippen molar-refractivity contribution in [3.05, 3.63) is 54.2 Å². The van der Waals surface area contributed by atoms with E-state index >= 15 is 0 Å². The van der Waals surface area contributed by atoms with Crippen LogP contribution in [0.15, 0.2) is 53.4 Å². The zero-order chi connectivity index (χ0) is 19.6. The molecule has 27 heavy (non-hydrogen) atoms. The summed E-state index contributed by atoms with van der Waals surface area (Å²) >= 11 is 0. The van der Waals surface area contributed by atoms with Gasteiger partial charge in [-0.25, -0.2) is 18.4 Å². The van der Waals surface area contributed by atoms with Gasteiger partial charge in [-0.05, 0) is 37.3 Å². The van der Waals surface area contributed by atoms with E-state index in [1.807, 2.05) is 0 Å². The first-order valence-electron chi connectivity index (χ1n) is 7.83. The van der Waals surface area contributed by atoms with Crippen molar-refractivity contribution in [1.82, 2.24) is 10.2 Å². The molecule has 1 amide bonds. The summed E-state index contributed by atoms with van der Waals surface area (Å²) in [7, 11) is -3.82. The van der Waals surface area contributed by atoms with Crippen LogP contribution < -0.4 is 10.5 Å². The number of aromatic nitrogens is 2. The van der Waals surface area contributed by atoms with Crippen LogP contribution >= 0.6 is 0 Å². The van der Waals surface area contributed by atoms with E-state index in [2.05, 4.69) is 15.5 Å². The number of ether oxygens (including phenoxy) is 1. The van der Waals surface area contributed by atoms with Crippen molar-refractivity contribution in [2.24, 2.45) is 5.14 Å². The number of fused-ring (bicyclic) bond motifs is 1. The first-order chi connectivity index (χ1) is 12.8. The molecule has 3 rings (SSSR count). The molecule has 0 unspecified atom stereocenters. The van der Waals surface area contributed by atoms with E-state index in [-0.39, 0.29) is 10.6 Å². The summed E-state index contributed by atoms with van der Waals surface area (Å²) in [6, 6.07) is 12.3. The van der Waals surface area contributed by atoms with Gasteiger partial charge in [0.1, 0.15) is 0 Å². The molecule has 1 heterocycles. The van der Waals surface area contributed by atoms with E-state index in [1.54, 1.807) is 24.3 Å². The zero-order valence-corrected chi connectivity index (χ0v) is 15.0. The van der Waals surface area contributed by atoms with Crippen molar-refractivity contribution >= 4 is 38.5 Å². The van der Waals surface area contributed by atoms with E-state index in [4.69, 9.17) is 9.88 Å². The van der Waals surface area contributed by atoms with Crippen LogP contribution in [0.5, 0.6) is 0 Å². The molecule has 0 aliphatic rings. The Morgan fingerprint density at radius 2 is 1.81 bits per heavy atom. The largest absolute Gasteiger partial charge is 0.448 e. The Kier molecular flexibility index (Phi) is 4.93. The lowest BCUT2D eigenvalue weighted by Crippen LogP contribution is -2.30. The molecule has 1 atom stereocenters. The lowest BCUT2D eigenvalue weighted by Gasteiger charge is -2.13. The number of benzene rings is 2. The van der Waals surface area contributed by atoms with Crippen LogP contribution in [-0.2, 0) is 19.6 Å². The van der Waals surface area contributed by atoms with Crippen molar-refractivity contribution in [1.29, 1.82) is 0 Å². The molecule has 0 saturated carbocycles. The maximum atomic E-state index is 12.3. The molecular weight excluding hydrogens is 372 g/mol. The highest BCUT2D eigenvalue weighted by Gasteiger charge is 2.22. The van der Waals surface area contributed by atoms with Crippen molar-refractivity contribution in [3.63, 3.8) is 0 Å². The zero-order valence-electron chi connectivity index (χ0n) is 14.2. The maximum absolute atomic E-state index is 12.3. The predicted octanol–water partition coefficient (Wildman–Crippen LogP) is 1.39. The highest BCUT2D eigenvalue weighted by molar-refractivity contribution is 7.89. The fourth-order valence-electron chi connectivity index (χ4n) is 2.36.